The minimum atomic E-state index is -0.675. The zero-order valence-corrected chi connectivity index (χ0v) is 37.0. The molecule has 1 aromatic rings. The lowest BCUT2D eigenvalue weighted by Gasteiger charge is -2.10. The molecule has 0 unspecified atom stereocenters. The lowest BCUT2D eigenvalue weighted by molar-refractivity contribution is 0.0500. The molecule has 0 spiro atoms. The van der Waals surface area contributed by atoms with Crippen LogP contribution in [0, 0.1) is 0 Å². The molecule has 57 heavy (non-hydrogen) atoms. The average molecular weight is 793 g/mol. The van der Waals surface area contributed by atoms with Crippen molar-refractivity contribution in [1.82, 2.24) is 0 Å². The quantitative estimate of drug-likeness (QED) is 0.0286. The molecule has 0 amide bonds. The number of rotatable bonds is 39. The normalized spacial score (nSPS) is 11.6. The minimum absolute atomic E-state index is 0.00126. The van der Waals surface area contributed by atoms with Crippen molar-refractivity contribution in [3.8, 4) is 0 Å². The standard InChI is InChI=1S/C51H84O6/c1-4-7-10-13-16-19-22-25-28-31-34-37-42-55-49(52)46-40-41-47(50(53)56-43-38-35-32-29-26-23-20-17-14-11-8-5-2)48(45-46)51(54)57-44-39-36-33-30-27-24-21-18-15-12-9-6-3/h34-41,45H,4-33,42-44H2,1-3H3/b37-34+,38-35+,39-36+. The van der Waals surface area contributed by atoms with E-state index in [-0.39, 0.29) is 36.5 Å². The van der Waals surface area contributed by atoms with Gasteiger partial charge in [-0.15, -0.1) is 0 Å². The van der Waals surface area contributed by atoms with Gasteiger partial charge in [0.2, 0.25) is 0 Å². The van der Waals surface area contributed by atoms with Crippen molar-refractivity contribution in [3.63, 3.8) is 0 Å². The fourth-order valence-corrected chi connectivity index (χ4v) is 6.90. The van der Waals surface area contributed by atoms with Gasteiger partial charge in [-0.25, -0.2) is 14.4 Å². The second-order valence-electron chi connectivity index (χ2n) is 15.8. The van der Waals surface area contributed by atoms with Gasteiger partial charge in [-0.3, -0.25) is 0 Å². The van der Waals surface area contributed by atoms with Crippen LogP contribution in [0.2, 0.25) is 0 Å². The maximum atomic E-state index is 13.3. The Kier molecular flexibility index (Phi) is 36.1. The van der Waals surface area contributed by atoms with E-state index in [0.717, 1.165) is 38.5 Å². The van der Waals surface area contributed by atoms with Gasteiger partial charge >= 0.3 is 17.9 Å². The number of unbranched alkanes of at least 4 members (excludes halogenated alkanes) is 27. The molecule has 324 valence electrons. The van der Waals surface area contributed by atoms with Crippen LogP contribution in [0.15, 0.2) is 54.7 Å². The van der Waals surface area contributed by atoms with Crippen molar-refractivity contribution in [2.75, 3.05) is 19.8 Å². The summed E-state index contributed by atoms with van der Waals surface area (Å²) >= 11 is 0. The summed E-state index contributed by atoms with van der Waals surface area (Å²) in [6.07, 6.45) is 49.2. The largest absolute Gasteiger partial charge is 0.458 e. The summed E-state index contributed by atoms with van der Waals surface area (Å²) in [6.45, 7) is 7.09. The number of carbonyl (C=O) groups is 3. The Morgan fingerprint density at radius 3 is 1.02 bits per heavy atom. The molecule has 0 saturated heterocycles. The number of hydrogen-bond acceptors (Lipinski definition) is 6. The predicted molar refractivity (Wildman–Crippen MR) is 240 cm³/mol. The Labute approximate surface area is 350 Å². The third-order valence-corrected chi connectivity index (χ3v) is 10.6. The van der Waals surface area contributed by atoms with Gasteiger partial charge in [0.15, 0.2) is 0 Å². The Morgan fingerprint density at radius 1 is 0.368 bits per heavy atom. The third-order valence-electron chi connectivity index (χ3n) is 10.6. The molecule has 0 bridgehead atoms. The number of ether oxygens (including phenoxy) is 3. The van der Waals surface area contributed by atoms with Crippen molar-refractivity contribution in [2.24, 2.45) is 0 Å². The molecule has 0 aliphatic carbocycles. The maximum Gasteiger partial charge on any atom is 0.339 e. The molecular formula is C51H84O6. The SMILES string of the molecule is CCCCCCCCCCC/C=C/COC(=O)c1ccc(C(=O)OC/C=C/CCCCCCCCCCC)c(C(=O)OC/C=C/CCCCCCCCCCC)c1. The van der Waals surface area contributed by atoms with E-state index in [4.69, 9.17) is 14.2 Å². The fraction of sp³-hybridized carbons (Fsp3) is 0.706. The van der Waals surface area contributed by atoms with Crippen LogP contribution in [0.1, 0.15) is 244 Å². The summed E-state index contributed by atoms with van der Waals surface area (Å²) < 4.78 is 16.5. The summed E-state index contributed by atoms with van der Waals surface area (Å²) in [4.78, 5) is 39.4. The van der Waals surface area contributed by atoms with Crippen molar-refractivity contribution >= 4 is 17.9 Å². The van der Waals surface area contributed by atoms with Crippen LogP contribution in [0.25, 0.3) is 0 Å². The van der Waals surface area contributed by atoms with Crippen molar-refractivity contribution < 1.29 is 28.6 Å². The van der Waals surface area contributed by atoms with Gasteiger partial charge in [-0.2, -0.15) is 0 Å². The molecule has 0 aliphatic heterocycles. The summed E-state index contributed by atoms with van der Waals surface area (Å²) in [5.41, 5.74) is 0.261. The number of allylic oxidation sites excluding steroid dienone is 3. The average Bonchev–Trinajstić information content (AvgIpc) is 3.22. The highest BCUT2D eigenvalue weighted by atomic mass is 16.5. The van der Waals surface area contributed by atoms with Gasteiger partial charge in [0, 0.05) is 0 Å². The molecule has 0 aliphatic rings. The number of benzene rings is 1. The van der Waals surface area contributed by atoms with E-state index >= 15 is 0 Å². The predicted octanol–water partition coefficient (Wildman–Crippen LogP) is 15.6. The molecule has 0 radical (unpaired) electrons. The van der Waals surface area contributed by atoms with Crippen LogP contribution in [0.3, 0.4) is 0 Å². The lowest BCUT2D eigenvalue weighted by Crippen LogP contribution is -2.16. The molecule has 0 saturated carbocycles. The Bertz CT molecular complexity index is 1210. The first-order valence-corrected chi connectivity index (χ1v) is 23.6. The third kappa shape index (κ3) is 30.6. The van der Waals surface area contributed by atoms with Crippen molar-refractivity contribution in [3.05, 3.63) is 71.3 Å². The Morgan fingerprint density at radius 2 is 0.667 bits per heavy atom. The van der Waals surface area contributed by atoms with Crippen molar-refractivity contribution in [2.45, 2.75) is 213 Å². The Hall–Kier alpha value is -3.15. The lowest BCUT2D eigenvalue weighted by atomic mass is 10.0. The molecule has 6 heteroatoms. The van der Waals surface area contributed by atoms with Gasteiger partial charge in [-0.05, 0) is 56.7 Å². The van der Waals surface area contributed by atoms with E-state index in [1.807, 2.05) is 24.3 Å². The zero-order chi connectivity index (χ0) is 41.3. The van der Waals surface area contributed by atoms with Crippen LogP contribution in [-0.4, -0.2) is 37.7 Å². The highest BCUT2D eigenvalue weighted by Gasteiger charge is 2.22. The molecule has 0 atom stereocenters. The maximum absolute atomic E-state index is 13.3. The van der Waals surface area contributed by atoms with Crippen molar-refractivity contribution in [1.29, 1.82) is 0 Å². The zero-order valence-electron chi connectivity index (χ0n) is 37.0. The summed E-state index contributed by atoms with van der Waals surface area (Å²) in [5, 5.41) is 0. The number of carbonyl (C=O) groups excluding carboxylic acids is 3. The first-order chi connectivity index (χ1) is 28.0. The summed E-state index contributed by atoms with van der Waals surface area (Å²) in [6, 6.07) is 4.35. The first kappa shape index (κ1) is 51.9. The smallest absolute Gasteiger partial charge is 0.339 e. The van der Waals surface area contributed by atoms with E-state index in [1.165, 1.54) is 172 Å². The van der Waals surface area contributed by atoms with Gasteiger partial charge in [0.1, 0.15) is 19.8 Å². The van der Waals surface area contributed by atoms with Gasteiger partial charge < -0.3 is 14.2 Å². The van der Waals surface area contributed by atoms with Gasteiger partial charge in [-0.1, -0.05) is 211 Å². The second-order valence-corrected chi connectivity index (χ2v) is 15.8. The molecule has 6 nitrogen and oxygen atoms in total. The van der Waals surface area contributed by atoms with Crippen LogP contribution in [-0.2, 0) is 14.2 Å². The van der Waals surface area contributed by atoms with E-state index < -0.39 is 17.9 Å². The fourth-order valence-electron chi connectivity index (χ4n) is 6.90. The summed E-state index contributed by atoms with van der Waals surface area (Å²) in [7, 11) is 0. The highest BCUT2D eigenvalue weighted by Crippen LogP contribution is 2.18. The molecule has 0 aromatic heterocycles. The van der Waals surface area contributed by atoms with E-state index in [1.54, 1.807) is 0 Å². The Balaban J connectivity index is 2.61. The monoisotopic (exact) mass is 793 g/mol. The van der Waals surface area contributed by atoms with Crippen LogP contribution >= 0.6 is 0 Å². The van der Waals surface area contributed by atoms with E-state index in [0.29, 0.717) is 0 Å². The molecule has 0 N–H and O–H groups in total. The number of hydrogen-bond donors (Lipinski definition) is 0. The van der Waals surface area contributed by atoms with Crippen LogP contribution in [0.4, 0.5) is 0 Å². The number of esters is 3. The van der Waals surface area contributed by atoms with E-state index in [2.05, 4.69) is 32.9 Å². The molecule has 0 fully saturated rings. The van der Waals surface area contributed by atoms with Gasteiger partial charge in [0.05, 0.1) is 16.7 Å². The van der Waals surface area contributed by atoms with Gasteiger partial charge in [0.25, 0.3) is 0 Å². The first-order valence-electron chi connectivity index (χ1n) is 23.6. The highest BCUT2D eigenvalue weighted by molar-refractivity contribution is 6.05. The topological polar surface area (TPSA) is 78.9 Å². The molecular weight excluding hydrogens is 709 g/mol. The van der Waals surface area contributed by atoms with E-state index in [9.17, 15) is 14.4 Å². The second kappa shape index (κ2) is 39.7. The molecule has 1 rings (SSSR count). The molecule has 0 heterocycles. The van der Waals surface area contributed by atoms with Crippen LogP contribution in [0.5, 0.6) is 0 Å². The minimum Gasteiger partial charge on any atom is -0.458 e. The summed E-state index contributed by atoms with van der Waals surface area (Å²) in [5.74, 6) is -1.86. The van der Waals surface area contributed by atoms with Crippen LogP contribution < -0.4 is 0 Å². The molecule has 1 aromatic carbocycles.